The van der Waals surface area contributed by atoms with Gasteiger partial charge in [-0.1, -0.05) is 53.5 Å². The molecule has 0 saturated heterocycles. The summed E-state index contributed by atoms with van der Waals surface area (Å²) in [4.78, 5) is 18.9. The highest BCUT2D eigenvalue weighted by Crippen LogP contribution is 2.42. The Morgan fingerprint density at radius 1 is 1.03 bits per heavy atom. The lowest BCUT2D eigenvalue weighted by Gasteiger charge is -2.36. The molecule has 4 aromatic rings. The van der Waals surface area contributed by atoms with Gasteiger partial charge in [-0.2, -0.15) is 0 Å². The van der Waals surface area contributed by atoms with Gasteiger partial charge < -0.3 is 24.7 Å². The third-order valence-corrected chi connectivity index (χ3v) is 7.17. The first-order chi connectivity index (χ1) is 16.6. The third kappa shape index (κ3) is 3.63. The van der Waals surface area contributed by atoms with Gasteiger partial charge in [0.25, 0.3) is 0 Å². The SMILES string of the molecule is O=C(NCc1ccc(Cl)c(Cl)c1)N1CCc2c([nH]c3ccccc23)C1c1ccc2c(c1)OCO2. The molecule has 6 nitrogen and oxygen atoms in total. The molecule has 2 amide bonds. The molecule has 0 bridgehead atoms. The number of carbonyl (C=O) groups excluding carboxylic acids is 1. The molecule has 3 heterocycles. The van der Waals surface area contributed by atoms with E-state index in [0.717, 1.165) is 28.8 Å². The number of benzene rings is 3. The van der Waals surface area contributed by atoms with Crippen LogP contribution in [0.2, 0.25) is 10.0 Å². The van der Waals surface area contributed by atoms with E-state index < -0.39 is 0 Å². The van der Waals surface area contributed by atoms with Gasteiger partial charge >= 0.3 is 6.03 Å². The summed E-state index contributed by atoms with van der Waals surface area (Å²) in [6.07, 6.45) is 0.764. The van der Waals surface area contributed by atoms with Gasteiger partial charge in [0.15, 0.2) is 11.5 Å². The fraction of sp³-hybridized carbons (Fsp3) is 0.192. The van der Waals surface area contributed by atoms with Crippen LogP contribution in [0.4, 0.5) is 4.79 Å². The van der Waals surface area contributed by atoms with Crippen molar-refractivity contribution in [1.82, 2.24) is 15.2 Å². The molecule has 34 heavy (non-hydrogen) atoms. The van der Waals surface area contributed by atoms with Gasteiger partial charge in [-0.15, -0.1) is 0 Å². The average Bonchev–Trinajstić information content (AvgIpc) is 3.47. The fourth-order valence-electron chi connectivity index (χ4n) is 4.82. The molecule has 8 heteroatoms. The van der Waals surface area contributed by atoms with E-state index >= 15 is 0 Å². The predicted molar refractivity (Wildman–Crippen MR) is 132 cm³/mol. The van der Waals surface area contributed by atoms with Crippen LogP contribution in [-0.2, 0) is 13.0 Å². The van der Waals surface area contributed by atoms with Crippen molar-refractivity contribution in [3.63, 3.8) is 0 Å². The van der Waals surface area contributed by atoms with Gasteiger partial charge in [0.1, 0.15) is 0 Å². The van der Waals surface area contributed by atoms with Crippen LogP contribution < -0.4 is 14.8 Å². The van der Waals surface area contributed by atoms with Gasteiger partial charge in [-0.3, -0.25) is 0 Å². The second-order valence-corrected chi connectivity index (χ2v) is 9.24. The molecule has 2 N–H and O–H groups in total. The van der Waals surface area contributed by atoms with Gasteiger partial charge in [-0.25, -0.2) is 4.79 Å². The van der Waals surface area contributed by atoms with Crippen LogP contribution in [0.1, 0.15) is 28.4 Å². The van der Waals surface area contributed by atoms with Crippen LogP contribution in [0.25, 0.3) is 10.9 Å². The molecule has 1 unspecified atom stereocenters. The quantitative estimate of drug-likeness (QED) is 0.364. The highest BCUT2D eigenvalue weighted by molar-refractivity contribution is 6.42. The Bertz CT molecular complexity index is 1420. The largest absolute Gasteiger partial charge is 0.454 e. The summed E-state index contributed by atoms with van der Waals surface area (Å²) in [5, 5.41) is 5.19. The smallest absolute Gasteiger partial charge is 0.318 e. The van der Waals surface area contributed by atoms with Crippen LogP contribution in [0.3, 0.4) is 0 Å². The maximum Gasteiger partial charge on any atom is 0.318 e. The Morgan fingerprint density at radius 3 is 2.76 bits per heavy atom. The fourth-order valence-corrected chi connectivity index (χ4v) is 5.14. The number of nitrogens with zero attached hydrogens (tertiary/aromatic N) is 1. The second kappa shape index (κ2) is 8.46. The summed E-state index contributed by atoms with van der Waals surface area (Å²) in [6.45, 7) is 1.13. The van der Waals surface area contributed by atoms with Crippen molar-refractivity contribution in [1.29, 1.82) is 0 Å². The van der Waals surface area contributed by atoms with Crippen LogP contribution in [0, 0.1) is 0 Å². The van der Waals surface area contributed by atoms with Crippen molar-refractivity contribution in [2.45, 2.75) is 19.0 Å². The highest BCUT2D eigenvalue weighted by atomic mass is 35.5. The summed E-state index contributed by atoms with van der Waals surface area (Å²) in [7, 11) is 0. The van der Waals surface area contributed by atoms with Gasteiger partial charge in [0, 0.05) is 29.7 Å². The Kier molecular flexibility index (Phi) is 5.27. The second-order valence-electron chi connectivity index (χ2n) is 8.43. The maximum atomic E-state index is 13.5. The summed E-state index contributed by atoms with van der Waals surface area (Å²) in [6, 6.07) is 19.0. The molecule has 6 rings (SSSR count). The van der Waals surface area contributed by atoms with Crippen molar-refractivity contribution < 1.29 is 14.3 Å². The Hall–Kier alpha value is -3.35. The van der Waals surface area contributed by atoms with E-state index in [1.807, 2.05) is 41.3 Å². The summed E-state index contributed by atoms with van der Waals surface area (Å²) in [5.41, 5.74) is 5.17. The van der Waals surface area contributed by atoms with E-state index in [2.05, 4.69) is 22.4 Å². The molecule has 2 aliphatic rings. The molecule has 0 fully saturated rings. The number of urea groups is 1. The molecule has 1 aromatic heterocycles. The zero-order valence-electron chi connectivity index (χ0n) is 18.1. The minimum absolute atomic E-state index is 0.155. The molecular formula is C26H21Cl2N3O3. The van der Waals surface area contributed by atoms with E-state index in [1.54, 1.807) is 12.1 Å². The first-order valence-corrected chi connectivity index (χ1v) is 11.8. The average molecular weight is 494 g/mol. The van der Waals surface area contributed by atoms with Gasteiger partial charge in [0.2, 0.25) is 6.79 Å². The Balaban J connectivity index is 1.36. The molecule has 1 atom stereocenters. The highest BCUT2D eigenvalue weighted by Gasteiger charge is 2.35. The number of amides is 2. The zero-order valence-corrected chi connectivity index (χ0v) is 19.6. The standard InChI is InChI=1S/C26H21Cl2N3O3/c27-19-7-5-15(11-20(19)28)13-29-26(32)31-10-9-18-17-3-1-2-4-21(17)30-24(18)25(31)16-6-8-22-23(12-16)34-14-33-22/h1-8,11-12,25,30H,9-10,13-14H2,(H,29,32). The number of nitrogens with one attached hydrogen (secondary N) is 2. The lowest BCUT2D eigenvalue weighted by molar-refractivity contribution is 0.173. The number of H-pyrrole nitrogens is 1. The lowest BCUT2D eigenvalue weighted by Crippen LogP contribution is -2.45. The van der Waals surface area contributed by atoms with Crippen LogP contribution >= 0.6 is 23.2 Å². The van der Waals surface area contributed by atoms with Gasteiger partial charge in [-0.05, 0) is 53.4 Å². The van der Waals surface area contributed by atoms with Crippen molar-refractivity contribution in [3.05, 3.63) is 93.1 Å². The molecule has 3 aromatic carbocycles. The summed E-state index contributed by atoms with van der Waals surface area (Å²) in [5.74, 6) is 1.41. The summed E-state index contributed by atoms with van der Waals surface area (Å²) < 4.78 is 11.1. The summed E-state index contributed by atoms with van der Waals surface area (Å²) >= 11 is 12.2. The molecular weight excluding hydrogens is 473 g/mol. The number of ether oxygens (including phenoxy) is 2. The number of halogens is 2. The van der Waals surface area contributed by atoms with Crippen molar-refractivity contribution in [2.24, 2.45) is 0 Å². The topological polar surface area (TPSA) is 66.6 Å². The first kappa shape index (κ1) is 21.2. The Labute approximate surface area is 206 Å². The van der Waals surface area contributed by atoms with E-state index in [9.17, 15) is 4.79 Å². The number of aromatic amines is 1. The lowest BCUT2D eigenvalue weighted by atomic mass is 9.92. The van der Waals surface area contributed by atoms with E-state index in [4.69, 9.17) is 32.7 Å². The number of para-hydroxylation sites is 1. The normalized spacial score (nSPS) is 16.5. The minimum atomic E-state index is -0.292. The molecule has 172 valence electrons. The molecule has 0 aliphatic carbocycles. The number of hydrogen-bond donors (Lipinski definition) is 2. The van der Waals surface area contributed by atoms with Gasteiger partial charge in [0.05, 0.1) is 16.1 Å². The number of fused-ring (bicyclic) bond motifs is 4. The maximum absolute atomic E-state index is 13.5. The van der Waals surface area contributed by atoms with Crippen molar-refractivity contribution in [3.8, 4) is 11.5 Å². The number of hydrogen-bond acceptors (Lipinski definition) is 3. The predicted octanol–water partition coefficient (Wildman–Crippen LogP) is 6.06. The van der Waals surface area contributed by atoms with E-state index in [0.29, 0.717) is 34.6 Å². The van der Waals surface area contributed by atoms with E-state index in [1.165, 1.54) is 10.9 Å². The number of rotatable bonds is 3. The van der Waals surface area contributed by atoms with Crippen molar-refractivity contribution >= 4 is 40.1 Å². The Morgan fingerprint density at radius 2 is 1.88 bits per heavy atom. The molecule has 2 aliphatic heterocycles. The number of aromatic nitrogens is 1. The minimum Gasteiger partial charge on any atom is -0.454 e. The monoisotopic (exact) mass is 493 g/mol. The van der Waals surface area contributed by atoms with Crippen LogP contribution in [0.15, 0.2) is 60.7 Å². The third-order valence-electron chi connectivity index (χ3n) is 6.44. The zero-order chi connectivity index (χ0) is 23.2. The molecule has 0 saturated carbocycles. The number of carbonyl (C=O) groups is 1. The van der Waals surface area contributed by atoms with Crippen molar-refractivity contribution in [2.75, 3.05) is 13.3 Å². The van der Waals surface area contributed by atoms with Crippen LogP contribution in [0.5, 0.6) is 11.5 Å². The first-order valence-electron chi connectivity index (χ1n) is 11.1. The van der Waals surface area contributed by atoms with Crippen LogP contribution in [-0.4, -0.2) is 29.3 Å². The van der Waals surface area contributed by atoms with E-state index in [-0.39, 0.29) is 18.9 Å². The molecule has 0 radical (unpaired) electrons. The molecule has 0 spiro atoms.